The van der Waals surface area contributed by atoms with E-state index in [-0.39, 0.29) is 12.3 Å². The van der Waals surface area contributed by atoms with E-state index in [4.69, 9.17) is 5.21 Å². The molecule has 1 aromatic rings. The van der Waals surface area contributed by atoms with E-state index in [0.717, 1.165) is 0 Å². The maximum Gasteiger partial charge on any atom is 0.375 e. The van der Waals surface area contributed by atoms with E-state index < -0.39 is 23.5 Å². The van der Waals surface area contributed by atoms with E-state index in [1.807, 2.05) is 0 Å². The zero-order valence-electron chi connectivity index (χ0n) is 16.2. The molecule has 0 radical (unpaired) electrons. The molecule has 1 aromatic carbocycles. The van der Waals surface area contributed by atoms with E-state index in [1.165, 1.54) is 31.2 Å². The summed E-state index contributed by atoms with van der Waals surface area (Å²) in [6.45, 7) is 11.7. The van der Waals surface area contributed by atoms with Crippen LogP contribution in [-0.4, -0.2) is 41.4 Å². The van der Waals surface area contributed by atoms with Crippen LogP contribution in [0.2, 0.25) is 0 Å². The maximum absolute atomic E-state index is 12.8. The highest BCUT2D eigenvalue weighted by Crippen LogP contribution is 2.13. The van der Waals surface area contributed by atoms with Crippen molar-refractivity contribution in [2.75, 3.05) is 6.61 Å². The zero-order chi connectivity index (χ0) is 20.3. The molecule has 1 unspecified atom stereocenters. The fourth-order valence-corrected chi connectivity index (χ4v) is 2.18. The Hall–Kier alpha value is -2.28. The molecule has 0 aromatic heterocycles. The molecule has 0 heterocycles. The lowest BCUT2D eigenvalue weighted by Crippen LogP contribution is -2.30. The number of ketones is 1. The van der Waals surface area contributed by atoms with E-state index >= 15 is 0 Å². The number of Topliss-reactive ketones (excluding diaryl/α,β-unsaturated/α-hetero) is 1. The second kappa shape index (κ2) is 12.1. The Balaban J connectivity index is 0.000000758. The Morgan fingerprint density at radius 2 is 1.62 bits per heavy atom. The summed E-state index contributed by atoms with van der Waals surface area (Å²) in [7, 11) is 0. The highest BCUT2D eigenvalue weighted by atomic mass is 19.1. The molecule has 146 valence electrons. The number of nitrogens with one attached hydrogen (secondary N) is 1. The molecule has 1 atom stereocenters. The number of hydrogen-bond donors (Lipinski definition) is 2. The first-order valence-corrected chi connectivity index (χ1v) is 8.58. The predicted octanol–water partition coefficient (Wildman–Crippen LogP) is 3.17. The monoisotopic (exact) mass is 368 g/mol. The summed E-state index contributed by atoms with van der Waals surface area (Å²) < 4.78 is 17.4. The molecule has 6 nitrogen and oxygen atoms in total. The van der Waals surface area contributed by atoms with Crippen LogP contribution in [0.5, 0.6) is 0 Å². The Morgan fingerprint density at radius 3 is 1.96 bits per heavy atom. The number of rotatable bonds is 7. The van der Waals surface area contributed by atoms with Gasteiger partial charge in [-0.2, -0.15) is 0 Å². The minimum Gasteiger partial charge on any atom is -0.460 e. The highest BCUT2D eigenvalue weighted by Gasteiger charge is 2.28. The molecule has 0 amide bonds. The lowest BCUT2D eigenvalue weighted by atomic mass is 9.94. The number of ether oxygens (including phenoxy) is 1. The van der Waals surface area contributed by atoms with Crippen molar-refractivity contribution in [3.05, 3.63) is 35.6 Å². The molecule has 26 heavy (non-hydrogen) atoms. The smallest absolute Gasteiger partial charge is 0.375 e. The standard InChI is InChI=1S/C13H14FNO4.C6H15N/c1-3-19-13(17)12(16)8(2)11(15-18)9-4-6-10(14)7-5-9;1-5(2)7-6(3)4/h4-8,18H,3H2,1-2H3;5-7H,1-4H3. The fourth-order valence-electron chi connectivity index (χ4n) is 2.18. The Labute approximate surface area is 154 Å². The summed E-state index contributed by atoms with van der Waals surface area (Å²) in [6, 6.07) is 6.31. The number of benzene rings is 1. The number of hydrogen-bond acceptors (Lipinski definition) is 6. The van der Waals surface area contributed by atoms with Crippen molar-refractivity contribution in [3.8, 4) is 0 Å². The van der Waals surface area contributed by atoms with Crippen molar-refractivity contribution in [2.24, 2.45) is 11.1 Å². The van der Waals surface area contributed by atoms with Gasteiger partial charge in [-0.15, -0.1) is 0 Å². The number of esters is 1. The molecular formula is C19H29FN2O4. The van der Waals surface area contributed by atoms with Crippen molar-refractivity contribution in [1.29, 1.82) is 0 Å². The normalized spacial score (nSPS) is 12.4. The van der Waals surface area contributed by atoms with Gasteiger partial charge in [-0.05, 0) is 26.0 Å². The van der Waals surface area contributed by atoms with Gasteiger partial charge in [0.2, 0.25) is 5.78 Å². The third-order valence-electron chi connectivity index (χ3n) is 3.19. The van der Waals surface area contributed by atoms with Gasteiger partial charge < -0.3 is 15.3 Å². The third kappa shape index (κ3) is 8.71. The van der Waals surface area contributed by atoms with E-state index in [2.05, 4.69) is 42.9 Å². The summed E-state index contributed by atoms with van der Waals surface area (Å²) in [5.41, 5.74) is 0.340. The van der Waals surface area contributed by atoms with Gasteiger partial charge in [0.15, 0.2) is 0 Å². The van der Waals surface area contributed by atoms with Crippen molar-refractivity contribution in [3.63, 3.8) is 0 Å². The molecule has 0 saturated heterocycles. The van der Waals surface area contributed by atoms with Gasteiger partial charge in [0, 0.05) is 17.6 Å². The van der Waals surface area contributed by atoms with Crippen molar-refractivity contribution < 1.29 is 23.9 Å². The van der Waals surface area contributed by atoms with Crippen LogP contribution in [0.4, 0.5) is 4.39 Å². The van der Waals surface area contributed by atoms with Gasteiger partial charge in [0.25, 0.3) is 0 Å². The third-order valence-corrected chi connectivity index (χ3v) is 3.19. The van der Waals surface area contributed by atoms with E-state index in [0.29, 0.717) is 17.6 Å². The average molecular weight is 368 g/mol. The average Bonchev–Trinajstić information content (AvgIpc) is 2.56. The molecule has 0 aliphatic carbocycles. The Bertz CT molecular complexity index is 592. The molecule has 0 spiro atoms. The minimum absolute atomic E-state index is 0.0157. The molecule has 0 bridgehead atoms. The van der Waals surface area contributed by atoms with Crippen molar-refractivity contribution >= 4 is 17.5 Å². The van der Waals surface area contributed by atoms with Crippen LogP contribution in [0.1, 0.15) is 47.1 Å². The molecule has 7 heteroatoms. The number of carbonyl (C=O) groups is 2. The molecule has 0 fully saturated rings. The first kappa shape index (κ1) is 23.7. The summed E-state index contributed by atoms with van der Waals surface area (Å²) in [4.78, 5) is 23.1. The molecule has 2 N–H and O–H groups in total. The second-order valence-corrected chi connectivity index (χ2v) is 6.27. The lowest BCUT2D eigenvalue weighted by molar-refractivity contribution is -0.154. The van der Waals surface area contributed by atoms with Gasteiger partial charge in [-0.1, -0.05) is 45.0 Å². The summed E-state index contributed by atoms with van der Waals surface area (Å²) in [6.07, 6.45) is 0. The summed E-state index contributed by atoms with van der Waals surface area (Å²) >= 11 is 0. The first-order chi connectivity index (χ1) is 12.1. The zero-order valence-corrected chi connectivity index (χ0v) is 16.2. The van der Waals surface area contributed by atoms with Crippen LogP contribution in [0, 0.1) is 11.7 Å². The lowest BCUT2D eigenvalue weighted by Gasteiger charge is -2.11. The number of halogens is 1. The summed E-state index contributed by atoms with van der Waals surface area (Å²) in [5.74, 6) is -3.24. The van der Waals surface area contributed by atoms with Gasteiger partial charge in [-0.25, -0.2) is 9.18 Å². The molecular weight excluding hydrogens is 339 g/mol. The minimum atomic E-state index is -0.988. The van der Waals surface area contributed by atoms with E-state index in [9.17, 15) is 14.0 Å². The molecule has 0 aliphatic rings. The maximum atomic E-state index is 12.8. The number of oxime groups is 1. The van der Waals surface area contributed by atoms with Crippen LogP contribution in [-0.2, 0) is 14.3 Å². The Morgan fingerprint density at radius 1 is 1.12 bits per heavy atom. The molecule has 0 saturated carbocycles. The molecule has 1 rings (SSSR count). The highest BCUT2D eigenvalue weighted by molar-refractivity contribution is 6.39. The van der Waals surface area contributed by atoms with Gasteiger partial charge in [0.1, 0.15) is 5.82 Å². The van der Waals surface area contributed by atoms with Crippen molar-refractivity contribution in [2.45, 2.75) is 53.6 Å². The predicted molar refractivity (Wildman–Crippen MR) is 98.9 cm³/mol. The number of nitrogens with zero attached hydrogens (tertiary/aromatic N) is 1. The SMILES string of the molecule is CC(C)NC(C)C.CCOC(=O)C(=O)C(C)C(=NO)c1ccc(F)cc1. The molecule has 0 aliphatic heterocycles. The van der Waals surface area contributed by atoms with Gasteiger partial charge >= 0.3 is 5.97 Å². The van der Waals surface area contributed by atoms with Crippen LogP contribution >= 0.6 is 0 Å². The quantitative estimate of drug-likeness (QED) is 0.254. The first-order valence-electron chi connectivity index (χ1n) is 8.58. The fraction of sp³-hybridized carbons (Fsp3) is 0.526. The van der Waals surface area contributed by atoms with Crippen LogP contribution in [0.15, 0.2) is 29.4 Å². The topological polar surface area (TPSA) is 88.0 Å². The number of carbonyl (C=O) groups excluding carboxylic acids is 2. The van der Waals surface area contributed by atoms with Gasteiger partial charge in [0.05, 0.1) is 18.2 Å². The summed E-state index contributed by atoms with van der Waals surface area (Å²) in [5, 5.41) is 15.3. The van der Waals surface area contributed by atoms with E-state index in [1.54, 1.807) is 6.92 Å². The van der Waals surface area contributed by atoms with Gasteiger partial charge in [-0.3, -0.25) is 4.79 Å². The Kier molecular flexibility index (Phi) is 11.1. The largest absolute Gasteiger partial charge is 0.460 e. The second-order valence-electron chi connectivity index (χ2n) is 6.27. The van der Waals surface area contributed by atoms with Crippen LogP contribution in [0.25, 0.3) is 0 Å². The van der Waals surface area contributed by atoms with Crippen LogP contribution < -0.4 is 5.32 Å². The van der Waals surface area contributed by atoms with Crippen molar-refractivity contribution in [1.82, 2.24) is 5.32 Å². The van der Waals surface area contributed by atoms with Crippen LogP contribution in [0.3, 0.4) is 0 Å².